The number of nitrogens with one attached hydrogen (secondary N) is 1. The van der Waals surface area contributed by atoms with E-state index in [9.17, 15) is 9.90 Å². The Kier molecular flexibility index (Phi) is 5.08. The van der Waals surface area contributed by atoms with Gasteiger partial charge in [-0.3, -0.25) is 4.90 Å². The number of terminal acetylenes is 1. The summed E-state index contributed by atoms with van der Waals surface area (Å²) in [5.41, 5.74) is 6.05. The largest absolute Gasteiger partial charge is 0.478 e. The van der Waals surface area contributed by atoms with E-state index in [1.165, 1.54) is 41.3 Å². The number of carboxylic acid groups (broad SMARTS) is 1. The lowest BCUT2D eigenvalue weighted by atomic mass is 9.83. The lowest BCUT2D eigenvalue weighted by Crippen LogP contribution is -2.37. The first kappa shape index (κ1) is 19.9. The van der Waals surface area contributed by atoms with Gasteiger partial charge < -0.3 is 10.1 Å². The Morgan fingerprint density at radius 2 is 1.97 bits per heavy atom. The molecular formula is C27H28N2O2. The fraction of sp³-hybridized carbons (Fsp3) is 0.370. The van der Waals surface area contributed by atoms with Crippen LogP contribution in [0, 0.1) is 31.1 Å². The normalized spacial score (nSPS) is 21.8. The molecule has 1 aliphatic heterocycles. The van der Waals surface area contributed by atoms with Gasteiger partial charge in [-0.1, -0.05) is 18.1 Å². The summed E-state index contributed by atoms with van der Waals surface area (Å²) in [5, 5.41) is 10.5. The number of carbonyl (C=O) groups is 1. The molecule has 0 unspecified atom stereocenters. The molecule has 4 heteroatoms. The number of nitrogens with zero attached hydrogens (tertiary/aromatic N) is 1. The quantitative estimate of drug-likeness (QED) is 0.543. The molecule has 2 atom stereocenters. The molecule has 2 aliphatic rings. The predicted molar refractivity (Wildman–Crippen MR) is 123 cm³/mol. The number of likely N-dealkylation sites (tertiary alicyclic amines) is 1. The van der Waals surface area contributed by atoms with Gasteiger partial charge in [-0.05, 0) is 91.9 Å². The molecule has 1 saturated carbocycles. The number of hydrogen-bond acceptors (Lipinski definition) is 2. The minimum atomic E-state index is -0.879. The summed E-state index contributed by atoms with van der Waals surface area (Å²) in [6.07, 6.45) is 13.0. The van der Waals surface area contributed by atoms with E-state index in [1.807, 2.05) is 18.3 Å². The number of aryl methyl sites for hydroxylation is 1. The highest BCUT2D eigenvalue weighted by atomic mass is 16.4. The Balaban J connectivity index is 1.50. The third-order valence-corrected chi connectivity index (χ3v) is 7.25. The molecule has 5 rings (SSSR count). The summed E-state index contributed by atoms with van der Waals surface area (Å²) >= 11 is 0. The Bertz CT molecular complexity index is 1160. The number of piperidine rings is 1. The van der Waals surface area contributed by atoms with Crippen molar-refractivity contribution < 1.29 is 9.90 Å². The van der Waals surface area contributed by atoms with E-state index in [2.05, 4.69) is 34.9 Å². The van der Waals surface area contributed by atoms with Crippen LogP contribution in [0.3, 0.4) is 0 Å². The van der Waals surface area contributed by atoms with Gasteiger partial charge in [0, 0.05) is 35.2 Å². The number of carboxylic acids is 1. The summed E-state index contributed by atoms with van der Waals surface area (Å²) in [4.78, 5) is 17.2. The lowest BCUT2D eigenvalue weighted by molar-refractivity contribution is 0.0696. The van der Waals surface area contributed by atoms with Crippen molar-refractivity contribution >= 4 is 16.9 Å². The SMILES string of the molecule is C#Cc1cc(C)c2[nH]ccc2c1CN1CC[C@@H](C2CC2)C[C@H]1c1ccc(C(=O)O)cc1. The average Bonchev–Trinajstić information content (AvgIpc) is 3.51. The Hall–Kier alpha value is -3.03. The van der Waals surface area contributed by atoms with Crippen LogP contribution in [0.2, 0.25) is 0 Å². The van der Waals surface area contributed by atoms with E-state index >= 15 is 0 Å². The van der Waals surface area contributed by atoms with Crippen LogP contribution < -0.4 is 0 Å². The molecule has 1 aromatic heterocycles. The summed E-state index contributed by atoms with van der Waals surface area (Å²) in [7, 11) is 0. The van der Waals surface area contributed by atoms with Crippen LogP contribution in [-0.4, -0.2) is 27.5 Å². The Morgan fingerprint density at radius 3 is 2.65 bits per heavy atom. The van der Waals surface area contributed by atoms with E-state index < -0.39 is 5.97 Å². The van der Waals surface area contributed by atoms with Crippen molar-refractivity contribution in [2.45, 2.75) is 45.2 Å². The second-order valence-electron chi connectivity index (χ2n) is 9.17. The number of aromatic carboxylic acids is 1. The first-order valence-corrected chi connectivity index (χ1v) is 11.2. The van der Waals surface area contributed by atoms with Crippen LogP contribution in [0.5, 0.6) is 0 Å². The molecule has 2 N–H and O–H groups in total. The monoisotopic (exact) mass is 412 g/mol. The summed E-state index contributed by atoms with van der Waals surface area (Å²) < 4.78 is 0. The topological polar surface area (TPSA) is 56.3 Å². The van der Waals surface area contributed by atoms with Gasteiger partial charge in [0.2, 0.25) is 0 Å². The van der Waals surface area contributed by atoms with Gasteiger partial charge in [-0.25, -0.2) is 4.79 Å². The molecule has 2 heterocycles. The first-order valence-electron chi connectivity index (χ1n) is 11.2. The molecule has 4 nitrogen and oxygen atoms in total. The fourth-order valence-corrected chi connectivity index (χ4v) is 5.39. The van der Waals surface area contributed by atoms with Crippen molar-refractivity contribution in [3.8, 4) is 12.3 Å². The minimum Gasteiger partial charge on any atom is -0.478 e. The molecule has 0 bridgehead atoms. The van der Waals surface area contributed by atoms with Crippen LogP contribution in [0.15, 0.2) is 42.6 Å². The number of hydrogen-bond donors (Lipinski definition) is 2. The highest BCUT2D eigenvalue weighted by Crippen LogP contribution is 2.47. The molecule has 158 valence electrons. The molecule has 3 aromatic rings. The second kappa shape index (κ2) is 7.90. The molecule has 31 heavy (non-hydrogen) atoms. The number of benzene rings is 2. The van der Waals surface area contributed by atoms with Gasteiger partial charge >= 0.3 is 5.97 Å². The minimum absolute atomic E-state index is 0.281. The summed E-state index contributed by atoms with van der Waals surface area (Å²) in [6, 6.07) is 12.0. The smallest absolute Gasteiger partial charge is 0.335 e. The van der Waals surface area contributed by atoms with Crippen LogP contribution in [-0.2, 0) is 6.54 Å². The summed E-state index contributed by atoms with van der Waals surface area (Å²) in [5.74, 6) is 3.67. The maximum absolute atomic E-state index is 11.3. The molecule has 0 radical (unpaired) electrons. The zero-order valence-electron chi connectivity index (χ0n) is 17.9. The van der Waals surface area contributed by atoms with Crippen molar-refractivity contribution in [2.24, 2.45) is 11.8 Å². The average molecular weight is 413 g/mol. The van der Waals surface area contributed by atoms with Gasteiger partial charge in [0.25, 0.3) is 0 Å². The van der Waals surface area contributed by atoms with Crippen molar-refractivity contribution in [3.05, 3.63) is 70.4 Å². The van der Waals surface area contributed by atoms with E-state index in [4.69, 9.17) is 6.42 Å². The highest BCUT2D eigenvalue weighted by Gasteiger charge is 2.38. The van der Waals surface area contributed by atoms with Crippen molar-refractivity contribution in [3.63, 3.8) is 0 Å². The van der Waals surface area contributed by atoms with Gasteiger partial charge in [0.15, 0.2) is 0 Å². The zero-order chi connectivity index (χ0) is 21.5. The van der Waals surface area contributed by atoms with E-state index in [0.717, 1.165) is 42.4 Å². The molecule has 2 aromatic carbocycles. The summed E-state index contributed by atoms with van der Waals surface area (Å²) in [6.45, 7) is 3.94. The van der Waals surface area contributed by atoms with E-state index in [-0.39, 0.29) is 6.04 Å². The number of aromatic nitrogens is 1. The second-order valence-corrected chi connectivity index (χ2v) is 9.17. The molecule has 1 saturated heterocycles. The van der Waals surface area contributed by atoms with E-state index in [1.54, 1.807) is 12.1 Å². The van der Waals surface area contributed by atoms with Crippen LogP contribution in [0.1, 0.15) is 64.3 Å². The Morgan fingerprint density at radius 1 is 1.19 bits per heavy atom. The predicted octanol–water partition coefficient (Wildman–Crippen LogP) is 5.52. The van der Waals surface area contributed by atoms with Crippen molar-refractivity contribution in [1.29, 1.82) is 0 Å². The lowest BCUT2D eigenvalue weighted by Gasteiger charge is -2.40. The number of fused-ring (bicyclic) bond motifs is 1. The van der Waals surface area contributed by atoms with Crippen LogP contribution in [0.25, 0.3) is 10.9 Å². The molecule has 0 amide bonds. The van der Waals surface area contributed by atoms with Gasteiger partial charge in [-0.15, -0.1) is 6.42 Å². The van der Waals surface area contributed by atoms with Crippen LogP contribution in [0.4, 0.5) is 0 Å². The van der Waals surface area contributed by atoms with Crippen molar-refractivity contribution in [2.75, 3.05) is 6.54 Å². The fourth-order valence-electron chi connectivity index (χ4n) is 5.39. The van der Waals surface area contributed by atoms with Gasteiger partial charge in [0.1, 0.15) is 0 Å². The molecule has 2 fully saturated rings. The van der Waals surface area contributed by atoms with E-state index in [0.29, 0.717) is 5.56 Å². The third-order valence-electron chi connectivity index (χ3n) is 7.25. The van der Waals surface area contributed by atoms with Gasteiger partial charge in [0.05, 0.1) is 5.56 Å². The van der Waals surface area contributed by atoms with Crippen molar-refractivity contribution in [1.82, 2.24) is 9.88 Å². The van der Waals surface area contributed by atoms with Gasteiger partial charge in [-0.2, -0.15) is 0 Å². The van der Waals surface area contributed by atoms with Crippen LogP contribution >= 0.6 is 0 Å². The maximum Gasteiger partial charge on any atom is 0.335 e. The zero-order valence-corrected chi connectivity index (χ0v) is 17.9. The Labute approximate surface area is 183 Å². The highest BCUT2D eigenvalue weighted by molar-refractivity contribution is 5.88. The first-order chi connectivity index (χ1) is 15.0. The number of rotatable bonds is 5. The molecule has 0 spiro atoms. The number of H-pyrrole nitrogens is 1. The maximum atomic E-state index is 11.3. The molecular weight excluding hydrogens is 384 g/mol. The number of aromatic amines is 1. The molecule has 1 aliphatic carbocycles. The standard InChI is InChI=1S/C27H28N2O2/c1-3-18-14-17(2)26-23(10-12-28-26)24(18)16-29-13-11-22(19-4-5-19)15-25(29)20-6-8-21(9-7-20)27(30)31/h1,6-10,12,14,19,22,25,28H,4-5,11,13,15-16H2,2H3,(H,30,31)/t22-,25+/m1/s1. The third kappa shape index (κ3) is 3.75.